The molecular weight excluding hydrogens is 367 g/mol. The van der Waals surface area contributed by atoms with Crippen LogP contribution in [0.2, 0.25) is 36.3 Å². The predicted molar refractivity (Wildman–Crippen MR) is 125 cm³/mol. The molecule has 0 aliphatic rings. The number of rotatable bonds is 9. The largest absolute Gasteiger partial charge is 0.483 e. The van der Waals surface area contributed by atoms with E-state index in [1.54, 1.807) is 6.92 Å². The Kier molecular flexibility index (Phi) is 10.9. The number of hydrogen-bond donors (Lipinski definition) is 2. The van der Waals surface area contributed by atoms with Crippen molar-refractivity contribution in [2.75, 3.05) is 0 Å². The van der Waals surface area contributed by atoms with E-state index in [2.05, 4.69) is 73.0 Å². The second-order valence-electron chi connectivity index (χ2n) is 9.41. The lowest BCUT2D eigenvalue weighted by Gasteiger charge is -2.40. The Morgan fingerprint density at radius 2 is 1.59 bits per heavy atom. The van der Waals surface area contributed by atoms with E-state index in [0.29, 0.717) is 11.9 Å². The van der Waals surface area contributed by atoms with Crippen LogP contribution >= 0.6 is 0 Å². The van der Waals surface area contributed by atoms with E-state index >= 15 is 0 Å². The Labute approximate surface area is 171 Å². The zero-order valence-corrected chi connectivity index (χ0v) is 21.4. The van der Waals surface area contributed by atoms with Gasteiger partial charge in [-0.1, -0.05) is 54.5 Å². The van der Waals surface area contributed by atoms with E-state index in [9.17, 15) is 10.0 Å². The maximum absolute atomic E-state index is 9.42. The van der Waals surface area contributed by atoms with Crippen LogP contribution in [-0.2, 0) is 4.43 Å². The minimum absolute atomic E-state index is 0.0237. The van der Waals surface area contributed by atoms with Gasteiger partial charge in [0.05, 0.1) is 6.10 Å². The van der Waals surface area contributed by atoms with Crippen LogP contribution in [0.1, 0.15) is 61.8 Å². The summed E-state index contributed by atoms with van der Waals surface area (Å²) in [5, 5.41) is 19.0. The van der Waals surface area contributed by atoms with Gasteiger partial charge in [0, 0.05) is 6.42 Å². The van der Waals surface area contributed by atoms with Gasteiger partial charge in [0.1, 0.15) is 8.07 Å². The summed E-state index contributed by atoms with van der Waals surface area (Å²) in [5.74, 6) is 3.57. The second-order valence-corrected chi connectivity index (χ2v) is 19.1. The summed E-state index contributed by atoms with van der Waals surface area (Å²) in [7, 11) is -4.82. The zero-order valence-electron chi connectivity index (χ0n) is 19.4. The van der Waals surface area contributed by atoms with Gasteiger partial charge in [0.25, 0.3) is 0 Å². The van der Waals surface area contributed by atoms with Gasteiger partial charge in [-0.3, -0.25) is 0 Å². The van der Waals surface area contributed by atoms with Gasteiger partial charge in [-0.05, 0) is 54.6 Å². The van der Waals surface area contributed by atoms with Crippen LogP contribution in [0.4, 0.5) is 0 Å². The molecule has 0 fully saturated rings. The smallest absolute Gasteiger partial charge is 0.423 e. The quantitative estimate of drug-likeness (QED) is 0.395. The van der Waals surface area contributed by atoms with E-state index in [4.69, 9.17) is 4.43 Å². The molecule has 0 aromatic rings. The van der Waals surface area contributed by atoms with Crippen molar-refractivity contribution in [2.24, 2.45) is 5.92 Å². The highest BCUT2D eigenvalue weighted by molar-refractivity contribution is 6.87. The van der Waals surface area contributed by atoms with Crippen molar-refractivity contribution < 1.29 is 14.5 Å². The minimum Gasteiger partial charge on any atom is -0.423 e. The highest BCUT2D eigenvalue weighted by atomic mass is 28.4. The van der Waals surface area contributed by atoms with E-state index in [1.165, 1.54) is 18.1 Å². The van der Waals surface area contributed by atoms with E-state index in [0.717, 1.165) is 0 Å². The molecule has 0 bridgehead atoms. The number of allylic oxidation sites excluding steroid dienone is 1. The Morgan fingerprint density at radius 3 is 1.96 bits per heavy atom. The van der Waals surface area contributed by atoms with Crippen molar-refractivity contribution in [3.05, 3.63) is 11.5 Å². The van der Waals surface area contributed by atoms with Gasteiger partial charge in [-0.2, -0.15) is 0 Å². The van der Waals surface area contributed by atoms with Gasteiger partial charge in [0.2, 0.25) is 0 Å². The molecule has 0 unspecified atom stereocenters. The summed E-state index contributed by atoms with van der Waals surface area (Å²) in [6.07, 6.45) is 2.60. The topological polar surface area (TPSA) is 49.7 Å². The first-order chi connectivity index (χ1) is 12.2. The fourth-order valence-corrected chi connectivity index (χ4v) is 6.77. The first kappa shape index (κ1) is 26.7. The van der Waals surface area contributed by atoms with Crippen LogP contribution in [0.3, 0.4) is 0 Å². The van der Waals surface area contributed by atoms with Crippen molar-refractivity contribution in [2.45, 2.75) is 104 Å². The molecule has 0 saturated carbocycles. The molecule has 2 atom stereocenters. The third-order valence-corrected chi connectivity index (χ3v) is 15.7. The summed E-state index contributed by atoms with van der Waals surface area (Å²) < 4.78 is 6.70. The molecule has 0 aliphatic heterocycles. The predicted octanol–water partition coefficient (Wildman–Crippen LogP) is 5.41. The maximum atomic E-state index is 9.42. The molecule has 0 radical (unpaired) electrons. The molecule has 0 saturated heterocycles. The first-order valence-corrected chi connectivity index (χ1v) is 16.0. The number of hydrogen-bond acceptors (Lipinski definition) is 3. The van der Waals surface area contributed by atoms with Crippen LogP contribution in [-0.4, -0.2) is 39.7 Å². The Hall–Kier alpha value is -0.321. The lowest BCUT2D eigenvalue weighted by atomic mass is 9.78. The van der Waals surface area contributed by atoms with Crippen molar-refractivity contribution in [1.29, 1.82) is 0 Å². The summed E-state index contributed by atoms with van der Waals surface area (Å²) in [4.78, 5) is 0. The maximum Gasteiger partial charge on any atom is 0.483 e. The second kappa shape index (κ2) is 11.0. The summed E-state index contributed by atoms with van der Waals surface area (Å²) in [5.41, 5.74) is 4.24. The average Bonchev–Trinajstić information content (AvgIpc) is 2.56. The molecule has 0 rings (SSSR count). The van der Waals surface area contributed by atoms with Gasteiger partial charge in [-0.15, -0.1) is 11.5 Å². The summed E-state index contributed by atoms with van der Waals surface area (Å²) in [6.45, 7) is 21.9. The fourth-order valence-electron chi connectivity index (χ4n) is 2.85. The van der Waals surface area contributed by atoms with Gasteiger partial charge in [-0.25, -0.2) is 0 Å². The van der Waals surface area contributed by atoms with Crippen LogP contribution in [0, 0.1) is 17.4 Å². The molecular formula is C21H43BO3Si2. The molecule has 3 nitrogen and oxygen atoms in total. The molecule has 2 N–H and O–H groups in total. The lowest BCUT2D eigenvalue weighted by molar-refractivity contribution is 0.150. The standard InChI is InChI=1S/C21H43BO3Si2/c1-11-27(12-2,13-3)16-14-15-20(18(4)17-19(5)22(23)24)25-26(9,10)21(6,7)8/h17-18,20,23-24H,11-13,15H2,1-10H3/b19-17+/t18-,20-/m1/s1. The van der Waals surface area contributed by atoms with Gasteiger partial charge in [0.15, 0.2) is 8.32 Å². The van der Waals surface area contributed by atoms with Crippen LogP contribution in [0.5, 0.6) is 0 Å². The van der Waals surface area contributed by atoms with E-state index in [-0.39, 0.29) is 17.1 Å². The molecule has 0 aromatic carbocycles. The van der Waals surface area contributed by atoms with Crippen molar-refractivity contribution in [1.82, 2.24) is 0 Å². The third-order valence-electron chi connectivity index (χ3n) is 6.46. The normalized spacial score (nSPS) is 15.8. The minimum atomic E-state index is -1.94. The third kappa shape index (κ3) is 8.29. The van der Waals surface area contributed by atoms with Gasteiger partial charge >= 0.3 is 7.12 Å². The molecule has 156 valence electrons. The molecule has 0 heterocycles. The van der Waals surface area contributed by atoms with Crippen LogP contribution in [0.15, 0.2) is 11.5 Å². The van der Waals surface area contributed by atoms with Crippen molar-refractivity contribution >= 4 is 23.5 Å². The van der Waals surface area contributed by atoms with Crippen molar-refractivity contribution in [3.8, 4) is 11.5 Å². The fraction of sp³-hybridized carbons (Fsp3) is 0.810. The highest BCUT2D eigenvalue weighted by Crippen LogP contribution is 2.38. The van der Waals surface area contributed by atoms with Gasteiger partial charge < -0.3 is 14.5 Å². The molecule has 0 spiro atoms. The average molecular weight is 411 g/mol. The molecule has 27 heavy (non-hydrogen) atoms. The molecule has 0 amide bonds. The van der Waals surface area contributed by atoms with Crippen LogP contribution < -0.4 is 0 Å². The summed E-state index contributed by atoms with van der Waals surface area (Å²) in [6, 6.07) is 3.60. The first-order valence-electron chi connectivity index (χ1n) is 10.5. The van der Waals surface area contributed by atoms with Crippen molar-refractivity contribution in [3.63, 3.8) is 0 Å². The molecule has 0 aliphatic carbocycles. The monoisotopic (exact) mass is 410 g/mol. The van der Waals surface area contributed by atoms with E-state index in [1.807, 2.05) is 6.08 Å². The van der Waals surface area contributed by atoms with E-state index < -0.39 is 23.5 Å². The Balaban J connectivity index is 5.66. The Bertz CT molecular complexity index is 530. The Morgan fingerprint density at radius 1 is 1.11 bits per heavy atom. The highest BCUT2D eigenvalue weighted by Gasteiger charge is 2.40. The lowest BCUT2D eigenvalue weighted by Crippen LogP contribution is -2.45. The SMILES string of the molecule is CC[Si](C#CC[C@@H](O[Si](C)(C)C(C)(C)C)[C@H](C)/C=C(\C)B(O)O)(CC)CC. The zero-order chi connectivity index (χ0) is 21.5. The molecule has 6 heteroatoms. The summed E-state index contributed by atoms with van der Waals surface area (Å²) >= 11 is 0. The van der Waals surface area contributed by atoms with Crippen LogP contribution in [0.25, 0.3) is 0 Å². The molecule has 0 aromatic heterocycles.